The lowest BCUT2D eigenvalue weighted by Gasteiger charge is -2.25. The number of aromatic nitrogens is 1. The van der Waals surface area contributed by atoms with Gasteiger partial charge in [0.2, 0.25) is 0 Å². The quantitative estimate of drug-likeness (QED) is 0.733. The molecule has 3 heterocycles. The van der Waals surface area contributed by atoms with Crippen molar-refractivity contribution in [2.45, 2.75) is 6.54 Å². The predicted octanol–water partition coefficient (Wildman–Crippen LogP) is 2.90. The Morgan fingerprint density at radius 1 is 1.26 bits per heavy atom. The Labute approximate surface area is 161 Å². The van der Waals surface area contributed by atoms with Crippen molar-refractivity contribution in [3.05, 3.63) is 47.0 Å². The molecule has 1 aliphatic rings. The van der Waals surface area contributed by atoms with Crippen molar-refractivity contribution in [3.8, 4) is 16.9 Å². The first-order chi connectivity index (χ1) is 13.1. The normalized spacial score (nSPS) is 15.1. The molecule has 0 spiro atoms. The van der Waals surface area contributed by atoms with E-state index >= 15 is 0 Å². The molecule has 6 nitrogen and oxygen atoms in total. The number of pyridine rings is 1. The van der Waals surface area contributed by atoms with Gasteiger partial charge < -0.3 is 15.2 Å². The van der Waals surface area contributed by atoms with Crippen LogP contribution in [0.5, 0.6) is 5.75 Å². The van der Waals surface area contributed by atoms with Crippen molar-refractivity contribution in [1.29, 1.82) is 0 Å². The lowest BCUT2D eigenvalue weighted by atomic mass is 10.0. The highest BCUT2D eigenvalue weighted by Gasteiger charge is 2.17. The largest absolute Gasteiger partial charge is 0.497 e. The third-order valence-corrected chi connectivity index (χ3v) is 5.81. The van der Waals surface area contributed by atoms with E-state index in [1.54, 1.807) is 24.5 Å². The number of fused-ring (bicyclic) bond motifs is 1. The molecule has 27 heavy (non-hydrogen) atoms. The van der Waals surface area contributed by atoms with Gasteiger partial charge in [-0.1, -0.05) is 12.1 Å². The zero-order chi connectivity index (χ0) is 18.8. The molecule has 0 saturated carbocycles. The van der Waals surface area contributed by atoms with Crippen molar-refractivity contribution in [2.75, 3.05) is 33.4 Å². The van der Waals surface area contributed by atoms with Crippen LogP contribution in [0.4, 0.5) is 0 Å². The molecule has 0 aliphatic carbocycles. The number of ether oxygens (including phenoxy) is 2. The number of rotatable bonds is 5. The minimum Gasteiger partial charge on any atom is -0.497 e. The number of amides is 1. The lowest BCUT2D eigenvalue weighted by molar-refractivity contribution is 0.0346. The summed E-state index contributed by atoms with van der Waals surface area (Å²) in [5, 5.41) is 0. The number of nitrogens with zero attached hydrogens (tertiary/aromatic N) is 2. The Balaban J connectivity index is 1.76. The third-order valence-electron chi connectivity index (χ3n) is 4.67. The van der Waals surface area contributed by atoms with Gasteiger partial charge >= 0.3 is 0 Å². The number of nitrogens with two attached hydrogens (primary N) is 1. The first-order valence-corrected chi connectivity index (χ1v) is 9.63. The van der Waals surface area contributed by atoms with E-state index in [0.29, 0.717) is 0 Å². The average Bonchev–Trinajstić information content (AvgIpc) is 3.10. The number of carbonyl (C=O) groups is 1. The second kappa shape index (κ2) is 7.64. The number of carbonyl (C=O) groups excluding carboxylic acids is 1. The van der Waals surface area contributed by atoms with Crippen molar-refractivity contribution in [2.24, 2.45) is 5.73 Å². The molecular weight excluding hydrogens is 362 g/mol. The zero-order valence-corrected chi connectivity index (χ0v) is 15.9. The number of hydrogen-bond donors (Lipinski definition) is 1. The average molecular weight is 383 g/mol. The highest BCUT2D eigenvalue weighted by atomic mass is 32.1. The predicted molar refractivity (Wildman–Crippen MR) is 106 cm³/mol. The molecule has 1 amide bonds. The Kier molecular flexibility index (Phi) is 5.07. The van der Waals surface area contributed by atoms with Crippen LogP contribution >= 0.6 is 11.3 Å². The maximum Gasteiger partial charge on any atom is 0.267 e. The van der Waals surface area contributed by atoms with Crippen LogP contribution in [-0.4, -0.2) is 49.2 Å². The minimum absolute atomic E-state index is 0.282. The fourth-order valence-electron chi connectivity index (χ4n) is 3.24. The maximum absolute atomic E-state index is 11.8. The van der Waals surface area contributed by atoms with Crippen LogP contribution in [-0.2, 0) is 11.3 Å². The van der Waals surface area contributed by atoms with Crippen molar-refractivity contribution in [3.63, 3.8) is 0 Å². The van der Waals surface area contributed by atoms with Gasteiger partial charge in [0.15, 0.2) is 0 Å². The number of thiophene rings is 1. The van der Waals surface area contributed by atoms with Crippen molar-refractivity contribution in [1.82, 2.24) is 9.88 Å². The van der Waals surface area contributed by atoms with E-state index in [2.05, 4.69) is 16.0 Å². The zero-order valence-electron chi connectivity index (χ0n) is 15.1. The van der Waals surface area contributed by atoms with Gasteiger partial charge in [-0.15, -0.1) is 11.3 Å². The Hall–Kier alpha value is -2.48. The molecule has 0 bridgehead atoms. The second-order valence-electron chi connectivity index (χ2n) is 6.46. The molecular formula is C20H21N3O3S. The smallest absolute Gasteiger partial charge is 0.267 e. The van der Waals surface area contributed by atoms with E-state index in [1.165, 1.54) is 4.88 Å². The summed E-state index contributed by atoms with van der Waals surface area (Å²) in [5.74, 6) is 0.269. The summed E-state index contributed by atoms with van der Waals surface area (Å²) < 4.78 is 11.7. The summed E-state index contributed by atoms with van der Waals surface area (Å²) in [7, 11) is 1.64. The van der Waals surface area contributed by atoms with Crippen LogP contribution in [0.25, 0.3) is 21.3 Å². The van der Waals surface area contributed by atoms with E-state index in [0.717, 1.165) is 59.9 Å². The molecule has 7 heteroatoms. The molecule has 3 aromatic rings. The first kappa shape index (κ1) is 17.9. The molecule has 140 valence electrons. The summed E-state index contributed by atoms with van der Waals surface area (Å²) in [5.41, 5.74) is 8.58. The first-order valence-electron chi connectivity index (χ1n) is 8.82. The number of hydrogen-bond acceptors (Lipinski definition) is 6. The lowest BCUT2D eigenvalue weighted by Crippen LogP contribution is -2.35. The highest BCUT2D eigenvalue weighted by molar-refractivity contribution is 7.19. The van der Waals surface area contributed by atoms with Gasteiger partial charge in [-0.2, -0.15) is 0 Å². The van der Waals surface area contributed by atoms with E-state index in [4.69, 9.17) is 15.2 Å². The topological polar surface area (TPSA) is 77.7 Å². The van der Waals surface area contributed by atoms with Gasteiger partial charge in [-0.25, -0.2) is 4.98 Å². The number of benzene rings is 1. The van der Waals surface area contributed by atoms with Crippen molar-refractivity contribution >= 4 is 27.5 Å². The van der Waals surface area contributed by atoms with Crippen LogP contribution in [0.2, 0.25) is 0 Å². The molecule has 1 aromatic carbocycles. The summed E-state index contributed by atoms with van der Waals surface area (Å²) in [4.78, 5) is 19.8. The maximum atomic E-state index is 11.8. The van der Waals surface area contributed by atoms with Crippen LogP contribution < -0.4 is 10.5 Å². The summed E-state index contributed by atoms with van der Waals surface area (Å²) >= 11 is 1.71. The monoisotopic (exact) mass is 383 g/mol. The standard InChI is InChI=1S/C20H21N3O3S/c1-25-14-4-2-13(3-5-14)16-11-18(20(21)24)22-17-10-15(27-19(16)17)12-23-6-8-26-9-7-23/h2-5,10-11H,6-9,12H2,1H3,(H2,21,24). The van der Waals surface area contributed by atoms with E-state index in [1.807, 2.05) is 24.3 Å². The Morgan fingerprint density at radius 2 is 2.00 bits per heavy atom. The summed E-state index contributed by atoms with van der Waals surface area (Å²) in [6.07, 6.45) is 0. The Morgan fingerprint density at radius 3 is 2.67 bits per heavy atom. The van der Waals surface area contributed by atoms with Gasteiger partial charge in [0.05, 0.1) is 30.5 Å². The number of morpholine rings is 1. The fraction of sp³-hybridized carbons (Fsp3) is 0.300. The molecule has 2 aromatic heterocycles. The van der Waals surface area contributed by atoms with Crippen LogP contribution in [0, 0.1) is 0 Å². The molecule has 1 aliphatic heterocycles. The van der Waals surface area contributed by atoms with Gasteiger partial charge in [0.25, 0.3) is 5.91 Å². The van der Waals surface area contributed by atoms with Crippen molar-refractivity contribution < 1.29 is 14.3 Å². The molecule has 0 radical (unpaired) electrons. The SMILES string of the molecule is COc1ccc(-c2cc(C(N)=O)nc3cc(CN4CCOCC4)sc23)cc1. The molecule has 0 unspecified atom stereocenters. The van der Waals surface area contributed by atoms with E-state index < -0.39 is 5.91 Å². The Bertz CT molecular complexity index is 963. The van der Waals surface area contributed by atoms with Crippen LogP contribution in [0.15, 0.2) is 36.4 Å². The van der Waals surface area contributed by atoms with Crippen LogP contribution in [0.3, 0.4) is 0 Å². The number of methoxy groups -OCH3 is 1. The molecule has 0 atom stereocenters. The van der Waals surface area contributed by atoms with Crippen LogP contribution in [0.1, 0.15) is 15.4 Å². The van der Waals surface area contributed by atoms with E-state index in [-0.39, 0.29) is 5.69 Å². The van der Waals surface area contributed by atoms with Gasteiger partial charge in [0.1, 0.15) is 11.4 Å². The van der Waals surface area contributed by atoms with Gasteiger partial charge in [0, 0.05) is 30.1 Å². The molecule has 1 saturated heterocycles. The molecule has 4 rings (SSSR count). The summed E-state index contributed by atoms with van der Waals surface area (Å²) in [6, 6.07) is 11.6. The summed E-state index contributed by atoms with van der Waals surface area (Å²) in [6.45, 7) is 4.26. The van der Waals surface area contributed by atoms with Gasteiger partial charge in [-0.3, -0.25) is 9.69 Å². The minimum atomic E-state index is -0.521. The third kappa shape index (κ3) is 3.80. The number of primary amides is 1. The van der Waals surface area contributed by atoms with Gasteiger partial charge in [-0.05, 0) is 29.8 Å². The second-order valence-corrected chi connectivity index (χ2v) is 7.60. The van der Waals surface area contributed by atoms with E-state index in [9.17, 15) is 4.79 Å². The fourth-order valence-corrected chi connectivity index (χ4v) is 4.42. The highest BCUT2D eigenvalue weighted by Crippen LogP contribution is 2.36. The molecule has 2 N–H and O–H groups in total. The molecule has 1 fully saturated rings.